The summed E-state index contributed by atoms with van der Waals surface area (Å²) in [6, 6.07) is 9.67. The minimum atomic E-state index is -1.26. The highest BCUT2D eigenvalue weighted by molar-refractivity contribution is 6.40. The van der Waals surface area contributed by atoms with E-state index in [4.69, 9.17) is 34.7 Å². The number of carboxylic acids is 1. The second-order valence-corrected chi connectivity index (χ2v) is 10.1. The molecule has 1 aliphatic rings. The van der Waals surface area contributed by atoms with Crippen LogP contribution in [0.25, 0.3) is 0 Å². The van der Waals surface area contributed by atoms with Crippen molar-refractivity contribution in [1.82, 2.24) is 5.32 Å². The van der Waals surface area contributed by atoms with Crippen molar-refractivity contribution in [2.75, 3.05) is 24.5 Å². The summed E-state index contributed by atoms with van der Waals surface area (Å²) in [4.78, 5) is 55.6. The number of ketones is 2. The number of carbonyl (C=O) groups excluding carboxylic acids is 3. The number of hydrogen-bond donors (Lipinski definition) is 4. The summed E-state index contributed by atoms with van der Waals surface area (Å²) in [6.07, 6.45) is 2.59. The lowest BCUT2D eigenvalue weighted by atomic mass is 9.97. The van der Waals surface area contributed by atoms with Gasteiger partial charge < -0.3 is 26.8 Å². The van der Waals surface area contributed by atoms with Gasteiger partial charge in [0.2, 0.25) is 5.91 Å². The zero-order valence-corrected chi connectivity index (χ0v) is 22.8. The Kier molecular flexibility index (Phi) is 10.7. The smallest absolute Gasteiger partial charge is 0.308 e. The number of halogens is 2. The highest BCUT2D eigenvalue weighted by Gasteiger charge is 2.26. The van der Waals surface area contributed by atoms with Gasteiger partial charge in [-0.05, 0) is 43.5 Å². The summed E-state index contributed by atoms with van der Waals surface area (Å²) < 4.78 is 0. The average molecular weight is 576 g/mol. The molecule has 1 amide bonds. The first-order valence-electron chi connectivity index (χ1n) is 12.5. The largest absolute Gasteiger partial charge is 0.481 e. The third-order valence-corrected chi connectivity index (χ3v) is 6.96. The summed E-state index contributed by atoms with van der Waals surface area (Å²) in [7, 11) is 0. The number of nitrogens with one attached hydrogen (secondary N) is 1. The van der Waals surface area contributed by atoms with Crippen LogP contribution in [-0.4, -0.2) is 54.1 Å². The van der Waals surface area contributed by atoms with Crippen molar-refractivity contribution in [2.24, 2.45) is 22.4 Å². The Bertz CT molecular complexity index is 1250. The van der Waals surface area contributed by atoms with Crippen molar-refractivity contribution in [2.45, 2.75) is 38.5 Å². The highest BCUT2D eigenvalue weighted by atomic mass is 35.5. The molecule has 0 radical (unpaired) electrons. The number of piperidine rings is 1. The van der Waals surface area contributed by atoms with Gasteiger partial charge in [0.05, 0.1) is 27.2 Å². The predicted molar refractivity (Wildman–Crippen MR) is 151 cm³/mol. The van der Waals surface area contributed by atoms with Crippen LogP contribution in [0, 0.1) is 5.92 Å². The van der Waals surface area contributed by atoms with Gasteiger partial charge in [-0.15, -0.1) is 0 Å². The van der Waals surface area contributed by atoms with E-state index in [1.54, 1.807) is 30.3 Å². The molecular weight excluding hydrogens is 545 g/mol. The number of aliphatic imine (C=N–C) groups is 1. The molecule has 6 N–H and O–H groups in total. The third kappa shape index (κ3) is 8.69. The van der Waals surface area contributed by atoms with Crippen LogP contribution >= 0.6 is 23.2 Å². The standard InChI is InChI=1S/C27H31Cl2N5O5/c28-20-13-19(34-9-2-1-3-10-34)14-21(29)25(20)23(36)12-17(26(38)39)15-32-24(37)8-7-22(35)16-5-4-6-18(11-16)33-27(30)31/h4-6,11,13-14,17H,1-3,7-10,12,15H2,(H,32,37)(H,38,39)(H4,30,31,33)/t17-/m0/s1. The number of carbonyl (C=O) groups is 4. The van der Waals surface area contributed by atoms with E-state index in [9.17, 15) is 24.3 Å². The number of hydrogen-bond acceptors (Lipinski definition) is 6. The number of nitrogens with zero attached hydrogens (tertiary/aromatic N) is 2. The van der Waals surface area contributed by atoms with Crippen LogP contribution in [-0.2, 0) is 9.59 Å². The molecule has 0 saturated carbocycles. The molecule has 0 spiro atoms. The fourth-order valence-electron chi connectivity index (χ4n) is 4.33. The Hall–Kier alpha value is -3.63. The first-order valence-corrected chi connectivity index (χ1v) is 13.3. The van der Waals surface area contributed by atoms with Gasteiger partial charge in [-0.25, -0.2) is 4.99 Å². The number of anilines is 1. The fourth-order valence-corrected chi connectivity index (χ4v) is 5.01. The Morgan fingerprint density at radius 3 is 2.26 bits per heavy atom. The maximum atomic E-state index is 13.0. The Balaban J connectivity index is 1.56. The zero-order chi connectivity index (χ0) is 28.5. The van der Waals surface area contributed by atoms with Crippen LogP contribution in [0.1, 0.15) is 59.2 Å². The third-order valence-electron chi connectivity index (χ3n) is 6.36. The molecule has 0 aromatic heterocycles. The van der Waals surface area contributed by atoms with Crippen molar-refractivity contribution in [3.8, 4) is 0 Å². The predicted octanol–water partition coefficient (Wildman–Crippen LogP) is 3.94. The minimum Gasteiger partial charge on any atom is -0.481 e. The molecule has 208 valence electrons. The molecule has 3 rings (SSSR count). The molecule has 39 heavy (non-hydrogen) atoms. The molecule has 0 bridgehead atoms. The van der Waals surface area contributed by atoms with E-state index >= 15 is 0 Å². The summed E-state index contributed by atoms with van der Waals surface area (Å²) in [5.41, 5.74) is 12.3. The van der Waals surface area contributed by atoms with Crippen LogP contribution in [0.2, 0.25) is 10.0 Å². The van der Waals surface area contributed by atoms with E-state index in [1.165, 1.54) is 6.07 Å². The molecule has 2 aromatic rings. The summed E-state index contributed by atoms with van der Waals surface area (Å²) in [5, 5.41) is 12.4. The maximum Gasteiger partial charge on any atom is 0.308 e. The van der Waals surface area contributed by atoms with E-state index in [-0.39, 0.29) is 46.7 Å². The summed E-state index contributed by atoms with van der Waals surface area (Å²) >= 11 is 12.8. The second-order valence-electron chi connectivity index (χ2n) is 9.31. The van der Waals surface area contributed by atoms with Crippen LogP contribution in [0.3, 0.4) is 0 Å². The lowest BCUT2D eigenvalue weighted by molar-refractivity contribution is -0.141. The zero-order valence-electron chi connectivity index (χ0n) is 21.3. The van der Waals surface area contributed by atoms with E-state index in [2.05, 4.69) is 15.2 Å². The van der Waals surface area contributed by atoms with Gasteiger partial charge in [0, 0.05) is 50.1 Å². The number of rotatable bonds is 12. The lowest BCUT2D eigenvalue weighted by Crippen LogP contribution is -2.34. The molecule has 10 nitrogen and oxygen atoms in total. The van der Waals surface area contributed by atoms with Crippen molar-refractivity contribution >= 4 is 64.0 Å². The molecule has 1 atom stereocenters. The summed E-state index contributed by atoms with van der Waals surface area (Å²) in [6.45, 7) is 1.45. The Morgan fingerprint density at radius 2 is 1.64 bits per heavy atom. The number of Topliss-reactive ketones (excluding diaryl/α,β-unsaturated/α-hetero) is 2. The molecule has 2 aromatic carbocycles. The van der Waals surface area contributed by atoms with Crippen LogP contribution in [0.15, 0.2) is 41.4 Å². The van der Waals surface area contributed by atoms with E-state index < -0.39 is 30.0 Å². The van der Waals surface area contributed by atoms with Crippen LogP contribution in [0.5, 0.6) is 0 Å². The number of benzene rings is 2. The van der Waals surface area contributed by atoms with Crippen molar-refractivity contribution < 1.29 is 24.3 Å². The van der Waals surface area contributed by atoms with Gasteiger partial charge in [0.1, 0.15) is 0 Å². The highest BCUT2D eigenvalue weighted by Crippen LogP contribution is 2.33. The van der Waals surface area contributed by atoms with Gasteiger partial charge in [-0.1, -0.05) is 35.3 Å². The van der Waals surface area contributed by atoms with Gasteiger partial charge >= 0.3 is 5.97 Å². The van der Waals surface area contributed by atoms with Crippen molar-refractivity contribution in [1.29, 1.82) is 0 Å². The molecular formula is C27H31Cl2N5O5. The normalized spacial score (nSPS) is 13.8. The van der Waals surface area contributed by atoms with Gasteiger partial charge in [0.15, 0.2) is 17.5 Å². The second kappa shape index (κ2) is 14.0. The molecule has 1 fully saturated rings. The van der Waals surface area contributed by atoms with Crippen molar-refractivity contribution in [3.05, 3.63) is 57.6 Å². The van der Waals surface area contributed by atoms with E-state index in [0.717, 1.165) is 38.0 Å². The van der Waals surface area contributed by atoms with Crippen molar-refractivity contribution in [3.63, 3.8) is 0 Å². The Morgan fingerprint density at radius 1 is 0.974 bits per heavy atom. The molecule has 0 unspecified atom stereocenters. The van der Waals surface area contributed by atoms with Gasteiger partial charge in [-0.2, -0.15) is 0 Å². The van der Waals surface area contributed by atoms with E-state index in [1.807, 2.05) is 0 Å². The number of guanidine groups is 1. The molecule has 1 saturated heterocycles. The lowest BCUT2D eigenvalue weighted by Gasteiger charge is -2.29. The van der Waals surface area contributed by atoms with Crippen LogP contribution in [0.4, 0.5) is 11.4 Å². The number of aliphatic carboxylic acids is 1. The van der Waals surface area contributed by atoms with Crippen LogP contribution < -0.4 is 21.7 Å². The maximum absolute atomic E-state index is 13.0. The fraction of sp³-hybridized carbons (Fsp3) is 0.370. The topological polar surface area (TPSA) is 168 Å². The number of nitrogens with two attached hydrogens (primary N) is 2. The first kappa shape index (κ1) is 29.9. The number of carboxylic acid groups (broad SMARTS) is 1. The monoisotopic (exact) mass is 575 g/mol. The van der Waals surface area contributed by atoms with Gasteiger partial charge in [0.25, 0.3) is 0 Å². The first-order chi connectivity index (χ1) is 18.5. The quantitative estimate of drug-likeness (QED) is 0.167. The molecule has 1 aliphatic heterocycles. The molecule has 0 aliphatic carbocycles. The average Bonchev–Trinajstić information content (AvgIpc) is 2.89. The minimum absolute atomic E-state index is 0.0604. The van der Waals surface area contributed by atoms with E-state index in [0.29, 0.717) is 11.3 Å². The molecule has 1 heterocycles. The van der Waals surface area contributed by atoms with Gasteiger partial charge in [-0.3, -0.25) is 19.2 Å². The number of amides is 1. The Labute approximate surface area is 236 Å². The SMILES string of the molecule is NC(N)=Nc1cccc(C(=O)CCC(=O)NC[C@H](CC(=O)c2c(Cl)cc(N3CCCCC3)cc2Cl)C(=O)O)c1. The molecule has 12 heteroatoms. The summed E-state index contributed by atoms with van der Waals surface area (Å²) in [5.74, 6) is -3.97.